The maximum absolute atomic E-state index is 12.9. The van der Waals surface area contributed by atoms with Gasteiger partial charge >= 0.3 is 6.18 Å². The molecule has 3 fully saturated rings. The fraction of sp³-hybridized carbons (Fsp3) is 0.615. The van der Waals surface area contributed by atoms with Gasteiger partial charge in [-0.2, -0.15) is 13.2 Å². The smallest absolute Gasteiger partial charge is 0.368 e. The van der Waals surface area contributed by atoms with Gasteiger partial charge in [0.15, 0.2) is 0 Å². The van der Waals surface area contributed by atoms with Gasteiger partial charge in [-0.15, -0.1) is 0 Å². The summed E-state index contributed by atoms with van der Waals surface area (Å²) in [7, 11) is 0. The molecule has 1 unspecified atom stereocenters. The molecule has 1 aromatic rings. The summed E-state index contributed by atoms with van der Waals surface area (Å²) in [5, 5.41) is 2.87. The van der Waals surface area contributed by atoms with Crippen molar-refractivity contribution < 1.29 is 13.2 Å². The Balaban J connectivity index is 1.67. The highest BCUT2D eigenvalue weighted by Gasteiger charge is 2.35. The van der Waals surface area contributed by atoms with Crippen LogP contribution >= 0.6 is 0 Å². The molecule has 1 aromatic heterocycles. The van der Waals surface area contributed by atoms with E-state index in [9.17, 15) is 13.2 Å². The molecular formula is C13H17F3N4. The van der Waals surface area contributed by atoms with Crippen molar-refractivity contribution in [3.8, 4) is 0 Å². The van der Waals surface area contributed by atoms with Crippen molar-refractivity contribution in [3.63, 3.8) is 0 Å². The van der Waals surface area contributed by atoms with E-state index in [1.54, 1.807) is 0 Å². The lowest BCUT2D eigenvalue weighted by Gasteiger charge is -2.47. The van der Waals surface area contributed by atoms with Crippen LogP contribution in [0.5, 0.6) is 0 Å². The molecule has 3 aliphatic rings. The molecule has 20 heavy (non-hydrogen) atoms. The van der Waals surface area contributed by atoms with Crippen LogP contribution in [0.1, 0.15) is 5.56 Å². The van der Waals surface area contributed by atoms with Crippen LogP contribution in [0.3, 0.4) is 0 Å². The second-order valence-corrected chi connectivity index (χ2v) is 5.27. The van der Waals surface area contributed by atoms with E-state index in [2.05, 4.69) is 20.1 Å². The Morgan fingerprint density at radius 1 is 1.25 bits per heavy atom. The molecule has 2 bridgehead atoms. The van der Waals surface area contributed by atoms with E-state index in [1.165, 1.54) is 12.3 Å². The lowest BCUT2D eigenvalue weighted by Crippen LogP contribution is -2.62. The monoisotopic (exact) mass is 286 g/mol. The summed E-state index contributed by atoms with van der Waals surface area (Å²) in [6.45, 7) is 5.54. The van der Waals surface area contributed by atoms with Crippen LogP contribution in [0.4, 0.5) is 19.0 Å². The summed E-state index contributed by atoms with van der Waals surface area (Å²) >= 11 is 0. The summed E-state index contributed by atoms with van der Waals surface area (Å²) < 4.78 is 38.6. The number of halogens is 3. The summed E-state index contributed by atoms with van der Waals surface area (Å²) in [4.78, 5) is 8.52. The van der Waals surface area contributed by atoms with Crippen LogP contribution in [-0.2, 0) is 6.18 Å². The number of fused-ring (bicyclic) bond motifs is 3. The highest BCUT2D eigenvalue weighted by molar-refractivity contribution is 5.45. The number of alkyl halides is 3. The molecule has 3 saturated heterocycles. The van der Waals surface area contributed by atoms with E-state index in [1.807, 2.05) is 0 Å². The second kappa shape index (κ2) is 5.21. The van der Waals surface area contributed by atoms with Gasteiger partial charge in [0.1, 0.15) is 5.82 Å². The quantitative estimate of drug-likeness (QED) is 0.913. The lowest BCUT2D eigenvalue weighted by atomic mass is 10.1. The van der Waals surface area contributed by atoms with Crippen LogP contribution < -0.4 is 5.32 Å². The fourth-order valence-corrected chi connectivity index (χ4v) is 2.91. The molecule has 4 heterocycles. The predicted molar refractivity (Wildman–Crippen MR) is 69.5 cm³/mol. The first-order chi connectivity index (χ1) is 9.54. The molecule has 0 aromatic carbocycles. The van der Waals surface area contributed by atoms with Crippen molar-refractivity contribution in [1.29, 1.82) is 0 Å². The van der Waals surface area contributed by atoms with Crippen molar-refractivity contribution in [1.82, 2.24) is 14.8 Å². The zero-order chi connectivity index (χ0) is 14.2. The normalized spacial score (nSPS) is 29.4. The number of pyridine rings is 1. The molecule has 3 aliphatic heterocycles. The summed E-state index contributed by atoms with van der Waals surface area (Å²) in [5.41, 5.74) is -0.698. The Kier molecular flexibility index (Phi) is 3.55. The van der Waals surface area contributed by atoms with E-state index in [0.29, 0.717) is 6.54 Å². The first-order valence-corrected chi connectivity index (χ1v) is 6.76. The molecule has 1 atom stereocenters. The molecule has 1 N–H and O–H groups in total. The van der Waals surface area contributed by atoms with Gasteiger partial charge in [0.25, 0.3) is 0 Å². The zero-order valence-corrected chi connectivity index (χ0v) is 11.0. The van der Waals surface area contributed by atoms with Crippen LogP contribution in [0.2, 0.25) is 0 Å². The van der Waals surface area contributed by atoms with Gasteiger partial charge in [-0.05, 0) is 12.1 Å². The van der Waals surface area contributed by atoms with Crippen molar-refractivity contribution in [2.75, 3.05) is 44.6 Å². The second-order valence-electron chi connectivity index (χ2n) is 5.27. The van der Waals surface area contributed by atoms with Crippen LogP contribution in [-0.4, -0.2) is 60.1 Å². The number of piperazine rings is 3. The minimum absolute atomic E-state index is 0.0716. The molecule has 4 rings (SSSR count). The number of rotatable bonds is 3. The van der Waals surface area contributed by atoms with Gasteiger partial charge in [-0.1, -0.05) is 0 Å². The zero-order valence-electron chi connectivity index (χ0n) is 11.0. The summed E-state index contributed by atoms with van der Waals surface area (Å²) in [6, 6.07) is 2.64. The molecule has 7 heteroatoms. The lowest BCUT2D eigenvalue weighted by molar-refractivity contribution is -0.137. The minimum atomic E-state index is -4.37. The van der Waals surface area contributed by atoms with Gasteiger partial charge in [0.2, 0.25) is 0 Å². The van der Waals surface area contributed by atoms with Gasteiger partial charge in [0, 0.05) is 51.5 Å². The number of nitrogens with one attached hydrogen (secondary N) is 1. The van der Waals surface area contributed by atoms with Crippen molar-refractivity contribution >= 4 is 5.82 Å². The van der Waals surface area contributed by atoms with E-state index in [0.717, 1.165) is 38.8 Å². The average Bonchev–Trinajstić information content (AvgIpc) is 2.46. The molecule has 0 saturated carbocycles. The topological polar surface area (TPSA) is 31.4 Å². The average molecular weight is 286 g/mol. The molecule has 0 radical (unpaired) electrons. The van der Waals surface area contributed by atoms with Crippen molar-refractivity contribution in [2.45, 2.75) is 12.2 Å². The third kappa shape index (κ3) is 2.73. The van der Waals surface area contributed by atoms with Crippen molar-refractivity contribution in [2.24, 2.45) is 0 Å². The third-order valence-corrected chi connectivity index (χ3v) is 4.01. The molecule has 0 aliphatic carbocycles. The summed E-state index contributed by atoms with van der Waals surface area (Å²) in [5.74, 6) is -0.0716. The van der Waals surface area contributed by atoms with Gasteiger partial charge in [0.05, 0.1) is 5.56 Å². The molecule has 0 amide bonds. The van der Waals surface area contributed by atoms with Gasteiger partial charge in [-0.25, -0.2) is 4.98 Å². The first-order valence-electron chi connectivity index (χ1n) is 6.76. The van der Waals surface area contributed by atoms with Crippen molar-refractivity contribution in [3.05, 3.63) is 23.9 Å². The Morgan fingerprint density at radius 3 is 2.60 bits per heavy atom. The predicted octanol–water partition coefficient (Wildman–Crippen LogP) is 1.51. The Morgan fingerprint density at radius 2 is 2.00 bits per heavy atom. The van der Waals surface area contributed by atoms with E-state index in [4.69, 9.17) is 0 Å². The highest BCUT2D eigenvalue weighted by atomic mass is 19.4. The van der Waals surface area contributed by atoms with Crippen LogP contribution in [0, 0.1) is 0 Å². The van der Waals surface area contributed by atoms with E-state index >= 15 is 0 Å². The van der Waals surface area contributed by atoms with Crippen LogP contribution in [0.25, 0.3) is 0 Å². The van der Waals surface area contributed by atoms with E-state index in [-0.39, 0.29) is 11.9 Å². The number of aromatic nitrogens is 1. The standard InChI is InChI=1S/C13H17F3N4/c14-13(15,16)11-2-1-3-17-12(11)18-8-10-9-19-4-6-20(10)7-5-19/h1-3,10H,4-9H2,(H,17,18). The van der Waals surface area contributed by atoms with Crippen LogP contribution in [0.15, 0.2) is 18.3 Å². The number of hydrogen-bond acceptors (Lipinski definition) is 4. The SMILES string of the molecule is FC(F)(F)c1cccnc1NCC1CN2CCN1CC2. The molecule has 110 valence electrons. The number of nitrogens with zero attached hydrogens (tertiary/aromatic N) is 3. The largest absolute Gasteiger partial charge is 0.419 e. The highest BCUT2D eigenvalue weighted by Crippen LogP contribution is 2.33. The molecular weight excluding hydrogens is 269 g/mol. The Bertz CT molecular complexity index is 469. The van der Waals surface area contributed by atoms with Gasteiger partial charge < -0.3 is 5.32 Å². The molecule has 0 spiro atoms. The number of hydrogen-bond donors (Lipinski definition) is 1. The third-order valence-electron chi connectivity index (χ3n) is 4.01. The number of anilines is 1. The maximum atomic E-state index is 12.9. The fourth-order valence-electron chi connectivity index (χ4n) is 2.91. The first kappa shape index (κ1) is 13.6. The maximum Gasteiger partial charge on any atom is 0.419 e. The Labute approximate surface area is 115 Å². The molecule has 4 nitrogen and oxygen atoms in total. The van der Waals surface area contributed by atoms with Gasteiger partial charge in [-0.3, -0.25) is 9.80 Å². The summed E-state index contributed by atoms with van der Waals surface area (Å²) in [6.07, 6.45) is -2.99. The Hall–Kier alpha value is -1.34. The minimum Gasteiger partial charge on any atom is -0.368 e. The van der Waals surface area contributed by atoms with E-state index < -0.39 is 11.7 Å².